The fourth-order valence-electron chi connectivity index (χ4n) is 3.51. The largest absolute Gasteiger partial charge is 0.396 e. The molecule has 8 heteroatoms. The Hall–Kier alpha value is -2.61. The normalized spacial score (nSPS) is 19.7. The molecule has 26 heavy (non-hydrogen) atoms. The summed E-state index contributed by atoms with van der Waals surface area (Å²) in [5.74, 6) is 1.81. The highest BCUT2D eigenvalue weighted by molar-refractivity contribution is 6.36. The molecular weight excluding hydrogens is 327 g/mol. The van der Waals surface area contributed by atoms with Crippen molar-refractivity contribution in [2.75, 3.05) is 17.2 Å². The van der Waals surface area contributed by atoms with Crippen LogP contribution in [0.5, 0.6) is 0 Å². The van der Waals surface area contributed by atoms with Crippen molar-refractivity contribution in [1.29, 1.82) is 0 Å². The van der Waals surface area contributed by atoms with Crippen LogP contribution in [0.2, 0.25) is 0 Å². The number of aliphatic hydroxyl groups excluding tert-OH is 1. The van der Waals surface area contributed by atoms with Gasteiger partial charge in [0.2, 0.25) is 0 Å². The van der Waals surface area contributed by atoms with Gasteiger partial charge < -0.3 is 15.7 Å². The van der Waals surface area contributed by atoms with Gasteiger partial charge in [-0.1, -0.05) is 12.5 Å². The SMILES string of the molecule is [B]c1cnn2c(NCc3cccnc3)cc(N[C@@H]3CCC[C@@H]3CO)nc12. The van der Waals surface area contributed by atoms with Crippen LogP contribution >= 0.6 is 0 Å². The molecule has 1 aliphatic carbocycles. The second-order valence-electron chi connectivity index (χ2n) is 6.70. The molecule has 4 rings (SSSR count). The van der Waals surface area contributed by atoms with E-state index in [0.29, 0.717) is 17.7 Å². The quantitative estimate of drug-likeness (QED) is 0.579. The molecule has 0 saturated heterocycles. The van der Waals surface area contributed by atoms with Gasteiger partial charge >= 0.3 is 0 Å². The minimum atomic E-state index is 0.195. The number of hydrogen-bond acceptors (Lipinski definition) is 6. The van der Waals surface area contributed by atoms with E-state index in [1.807, 2.05) is 24.4 Å². The highest BCUT2D eigenvalue weighted by atomic mass is 16.3. The molecule has 0 aromatic carbocycles. The predicted octanol–water partition coefficient (Wildman–Crippen LogP) is 1.10. The highest BCUT2D eigenvalue weighted by Gasteiger charge is 2.27. The fourth-order valence-corrected chi connectivity index (χ4v) is 3.51. The number of aliphatic hydroxyl groups is 1. The smallest absolute Gasteiger partial charge is 0.152 e. The molecule has 2 atom stereocenters. The van der Waals surface area contributed by atoms with E-state index in [9.17, 15) is 5.11 Å². The average molecular weight is 348 g/mol. The van der Waals surface area contributed by atoms with E-state index in [2.05, 4.69) is 25.7 Å². The van der Waals surface area contributed by atoms with Crippen LogP contribution < -0.4 is 16.1 Å². The van der Waals surface area contributed by atoms with Crippen LogP contribution in [0.4, 0.5) is 11.6 Å². The molecule has 3 aromatic heterocycles. The van der Waals surface area contributed by atoms with Gasteiger partial charge in [-0.15, -0.1) is 0 Å². The number of nitrogens with one attached hydrogen (secondary N) is 2. The van der Waals surface area contributed by atoms with E-state index >= 15 is 0 Å². The molecular formula is C18H21BN6O. The molecule has 1 saturated carbocycles. The Morgan fingerprint density at radius 2 is 2.23 bits per heavy atom. The van der Waals surface area contributed by atoms with Crippen LogP contribution in [0.3, 0.4) is 0 Å². The maximum absolute atomic E-state index is 9.55. The maximum atomic E-state index is 9.55. The lowest BCUT2D eigenvalue weighted by Crippen LogP contribution is -2.27. The Balaban J connectivity index is 1.61. The summed E-state index contributed by atoms with van der Waals surface area (Å²) in [6.45, 7) is 0.815. The molecule has 3 aromatic rings. The van der Waals surface area contributed by atoms with E-state index in [0.717, 1.165) is 36.5 Å². The average Bonchev–Trinajstić information content (AvgIpc) is 3.27. The Morgan fingerprint density at radius 3 is 3.04 bits per heavy atom. The minimum absolute atomic E-state index is 0.195. The van der Waals surface area contributed by atoms with Crippen molar-refractivity contribution in [1.82, 2.24) is 19.6 Å². The first kappa shape index (κ1) is 16.8. The zero-order chi connectivity index (χ0) is 17.9. The van der Waals surface area contributed by atoms with Gasteiger partial charge in [-0.3, -0.25) is 4.98 Å². The Bertz CT molecular complexity index is 884. The summed E-state index contributed by atoms with van der Waals surface area (Å²) >= 11 is 0. The van der Waals surface area contributed by atoms with Gasteiger partial charge in [0.25, 0.3) is 0 Å². The minimum Gasteiger partial charge on any atom is -0.396 e. The van der Waals surface area contributed by atoms with Crippen molar-refractivity contribution in [3.05, 3.63) is 42.4 Å². The Labute approximate surface area is 153 Å². The van der Waals surface area contributed by atoms with Gasteiger partial charge in [0.15, 0.2) is 5.65 Å². The molecule has 3 heterocycles. The Kier molecular flexibility index (Phi) is 4.75. The summed E-state index contributed by atoms with van der Waals surface area (Å²) in [6.07, 6.45) is 8.37. The molecule has 0 bridgehead atoms. The lowest BCUT2D eigenvalue weighted by molar-refractivity contribution is 0.222. The zero-order valence-electron chi connectivity index (χ0n) is 14.5. The third-order valence-corrected chi connectivity index (χ3v) is 4.92. The fraction of sp³-hybridized carbons (Fsp3) is 0.389. The van der Waals surface area contributed by atoms with E-state index in [4.69, 9.17) is 7.85 Å². The van der Waals surface area contributed by atoms with Gasteiger partial charge in [0, 0.05) is 49.8 Å². The standard InChI is InChI=1S/C18H21BN6O/c19-14-10-22-25-17(21-9-12-3-2-6-20-8-12)7-16(24-18(14)25)23-15-5-1-4-13(15)11-26/h2-3,6-8,10,13,15,21,26H,1,4-5,9,11H2,(H,23,24)/t13-,15-/m1/s1. The molecule has 0 aliphatic heterocycles. The first-order valence-electron chi connectivity index (χ1n) is 8.89. The molecule has 132 valence electrons. The van der Waals surface area contributed by atoms with Crippen LogP contribution in [0.15, 0.2) is 36.8 Å². The van der Waals surface area contributed by atoms with Crippen molar-refractivity contribution in [2.24, 2.45) is 5.92 Å². The third-order valence-electron chi connectivity index (χ3n) is 4.92. The topological polar surface area (TPSA) is 87.4 Å². The lowest BCUT2D eigenvalue weighted by Gasteiger charge is -2.20. The van der Waals surface area contributed by atoms with Gasteiger partial charge in [-0.25, -0.2) is 4.98 Å². The lowest BCUT2D eigenvalue weighted by atomic mass is 10.0. The third kappa shape index (κ3) is 3.37. The van der Waals surface area contributed by atoms with Gasteiger partial charge in [0.1, 0.15) is 19.5 Å². The molecule has 7 nitrogen and oxygen atoms in total. The van der Waals surface area contributed by atoms with Crippen molar-refractivity contribution in [3.63, 3.8) is 0 Å². The van der Waals surface area contributed by atoms with Crippen LogP contribution in [-0.2, 0) is 6.54 Å². The molecule has 2 radical (unpaired) electrons. The first-order chi connectivity index (χ1) is 12.7. The van der Waals surface area contributed by atoms with Crippen molar-refractivity contribution >= 4 is 30.6 Å². The number of fused-ring (bicyclic) bond motifs is 1. The summed E-state index contributed by atoms with van der Waals surface area (Å²) in [5, 5.41) is 20.7. The number of nitrogens with zero attached hydrogens (tertiary/aromatic N) is 4. The summed E-state index contributed by atoms with van der Waals surface area (Å²) in [5.41, 5.74) is 2.22. The van der Waals surface area contributed by atoms with Crippen LogP contribution in [0.25, 0.3) is 5.65 Å². The first-order valence-corrected chi connectivity index (χ1v) is 8.89. The summed E-state index contributed by atoms with van der Waals surface area (Å²) in [7, 11) is 6.03. The maximum Gasteiger partial charge on any atom is 0.152 e. The van der Waals surface area contributed by atoms with E-state index in [1.165, 1.54) is 0 Å². The van der Waals surface area contributed by atoms with Crippen molar-refractivity contribution < 1.29 is 5.11 Å². The molecule has 1 aliphatic rings. The molecule has 0 amide bonds. The Morgan fingerprint density at radius 1 is 1.31 bits per heavy atom. The number of pyridine rings is 1. The zero-order valence-corrected chi connectivity index (χ0v) is 14.5. The van der Waals surface area contributed by atoms with Gasteiger partial charge in [-0.2, -0.15) is 9.61 Å². The van der Waals surface area contributed by atoms with Crippen LogP contribution in [0.1, 0.15) is 24.8 Å². The molecule has 0 spiro atoms. The second-order valence-corrected chi connectivity index (χ2v) is 6.70. The van der Waals surface area contributed by atoms with Crippen LogP contribution in [-0.4, -0.2) is 45.2 Å². The van der Waals surface area contributed by atoms with E-state index in [-0.39, 0.29) is 18.6 Å². The highest BCUT2D eigenvalue weighted by Crippen LogP contribution is 2.28. The molecule has 3 N–H and O–H groups in total. The molecule has 1 fully saturated rings. The number of rotatable bonds is 6. The van der Waals surface area contributed by atoms with Crippen molar-refractivity contribution in [3.8, 4) is 0 Å². The predicted molar refractivity (Wildman–Crippen MR) is 102 cm³/mol. The van der Waals surface area contributed by atoms with E-state index < -0.39 is 0 Å². The van der Waals surface area contributed by atoms with Gasteiger partial charge in [-0.05, 0) is 29.9 Å². The van der Waals surface area contributed by atoms with Gasteiger partial charge in [0.05, 0.1) is 0 Å². The number of aromatic nitrogens is 4. The summed E-state index contributed by atoms with van der Waals surface area (Å²) in [4.78, 5) is 8.75. The molecule has 0 unspecified atom stereocenters. The monoisotopic (exact) mass is 348 g/mol. The summed E-state index contributed by atoms with van der Waals surface area (Å²) < 4.78 is 1.70. The summed E-state index contributed by atoms with van der Waals surface area (Å²) in [6, 6.07) is 6.08. The number of hydrogen-bond donors (Lipinski definition) is 3. The van der Waals surface area contributed by atoms with E-state index in [1.54, 1.807) is 16.9 Å². The number of anilines is 2. The van der Waals surface area contributed by atoms with Crippen molar-refractivity contribution in [2.45, 2.75) is 31.8 Å². The van der Waals surface area contributed by atoms with Crippen LogP contribution in [0, 0.1) is 5.92 Å². The second kappa shape index (κ2) is 7.33.